The summed E-state index contributed by atoms with van der Waals surface area (Å²) in [6.45, 7) is 9.48. The van der Waals surface area contributed by atoms with Gasteiger partial charge in [-0.2, -0.15) is 5.10 Å². The molecule has 1 aromatic carbocycles. The molecule has 1 saturated heterocycles. The summed E-state index contributed by atoms with van der Waals surface area (Å²) in [5.74, 6) is -0.808. The molecule has 27 heavy (non-hydrogen) atoms. The Morgan fingerprint density at radius 2 is 1.78 bits per heavy atom. The number of aromatic nitrogens is 2. The minimum atomic E-state index is -0.656. The third-order valence-electron chi connectivity index (χ3n) is 5.62. The quantitative estimate of drug-likeness (QED) is 0.776. The van der Waals surface area contributed by atoms with Crippen molar-refractivity contribution >= 4 is 24.2 Å². The number of benzene rings is 1. The van der Waals surface area contributed by atoms with Crippen LogP contribution in [0.25, 0.3) is 0 Å². The van der Waals surface area contributed by atoms with Crippen LogP contribution in [0, 0.1) is 12.7 Å². The molecule has 1 fully saturated rings. The van der Waals surface area contributed by atoms with Crippen molar-refractivity contribution in [2.75, 3.05) is 11.9 Å². The van der Waals surface area contributed by atoms with Crippen LogP contribution in [0.3, 0.4) is 0 Å². The van der Waals surface area contributed by atoms with Crippen LogP contribution in [0.1, 0.15) is 43.7 Å². The molecule has 1 aliphatic heterocycles. The van der Waals surface area contributed by atoms with Gasteiger partial charge >= 0.3 is 7.12 Å². The molecule has 0 atom stereocenters. The second kappa shape index (κ2) is 6.46. The van der Waals surface area contributed by atoms with Gasteiger partial charge in [-0.1, -0.05) is 6.07 Å². The first-order chi connectivity index (χ1) is 12.5. The van der Waals surface area contributed by atoms with Crippen molar-refractivity contribution in [2.24, 2.45) is 7.05 Å². The Morgan fingerprint density at radius 3 is 2.30 bits per heavy atom. The molecule has 2 heterocycles. The zero-order chi connectivity index (χ0) is 20.1. The largest absolute Gasteiger partial charge is 0.495 e. The highest BCUT2D eigenvalue weighted by Gasteiger charge is 2.52. The van der Waals surface area contributed by atoms with Gasteiger partial charge in [0.2, 0.25) is 0 Å². The van der Waals surface area contributed by atoms with Crippen LogP contribution in [0.5, 0.6) is 0 Å². The molecule has 0 spiro atoms. The lowest BCUT2D eigenvalue weighted by molar-refractivity contribution is 0.00578. The van der Waals surface area contributed by atoms with Crippen LogP contribution in [0.4, 0.5) is 10.1 Å². The van der Waals surface area contributed by atoms with Crippen molar-refractivity contribution < 1.29 is 18.5 Å². The molecule has 0 N–H and O–H groups in total. The zero-order valence-corrected chi connectivity index (χ0v) is 16.8. The predicted octanol–water partition coefficient (Wildman–Crippen LogP) is 2.44. The van der Waals surface area contributed by atoms with Crippen molar-refractivity contribution in [1.29, 1.82) is 0 Å². The number of nitrogens with zero attached hydrogens (tertiary/aromatic N) is 3. The van der Waals surface area contributed by atoms with Crippen LogP contribution in [-0.2, 0) is 16.4 Å². The summed E-state index contributed by atoms with van der Waals surface area (Å²) in [6.07, 6.45) is 1.53. The Hall–Kier alpha value is -2.19. The van der Waals surface area contributed by atoms with Crippen molar-refractivity contribution in [3.8, 4) is 0 Å². The van der Waals surface area contributed by atoms with Gasteiger partial charge < -0.3 is 14.2 Å². The molecule has 0 bridgehead atoms. The number of amides is 1. The Kier molecular flexibility index (Phi) is 4.68. The molecule has 1 amide bonds. The average Bonchev–Trinajstić information content (AvgIpc) is 3.09. The first-order valence-electron chi connectivity index (χ1n) is 8.87. The predicted molar refractivity (Wildman–Crippen MR) is 103 cm³/mol. The second-order valence-corrected chi connectivity index (χ2v) is 7.91. The number of rotatable bonds is 3. The third-order valence-corrected chi connectivity index (χ3v) is 5.62. The number of carbonyl (C=O) groups excluding carboxylic acids is 1. The fraction of sp³-hybridized carbons (Fsp3) is 0.474. The Morgan fingerprint density at radius 1 is 1.19 bits per heavy atom. The van der Waals surface area contributed by atoms with E-state index in [4.69, 9.17) is 9.31 Å². The number of hydrogen-bond donors (Lipinski definition) is 0. The Balaban J connectivity index is 1.92. The maximum atomic E-state index is 15.1. The summed E-state index contributed by atoms with van der Waals surface area (Å²) in [5, 5.41) is 3.99. The summed E-state index contributed by atoms with van der Waals surface area (Å²) >= 11 is 0. The highest BCUT2D eigenvalue weighted by molar-refractivity contribution is 6.62. The topological polar surface area (TPSA) is 56.6 Å². The number of hydrogen-bond acceptors (Lipinski definition) is 4. The normalized spacial score (nSPS) is 18.0. The Bertz CT molecular complexity index is 878. The summed E-state index contributed by atoms with van der Waals surface area (Å²) < 4.78 is 28.6. The molecule has 144 valence electrons. The fourth-order valence-corrected chi connectivity index (χ4v) is 3.04. The zero-order valence-electron chi connectivity index (χ0n) is 16.8. The van der Waals surface area contributed by atoms with E-state index >= 15 is 4.39 Å². The van der Waals surface area contributed by atoms with Crippen LogP contribution in [0.15, 0.2) is 24.4 Å². The SMILES string of the molecule is Cc1c(B2OC(C)(C)C(C)(C)O2)ccc(N(C)C(=O)c2ccnn2C)c1F. The maximum absolute atomic E-state index is 15.1. The second-order valence-electron chi connectivity index (χ2n) is 7.91. The summed E-state index contributed by atoms with van der Waals surface area (Å²) in [6, 6.07) is 4.93. The first-order valence-corrected chi connectivity index (χ1v) is 8.87. The molecule has 8 heteroatoms. The van der Waals surface area contributed by atoms with Crippen LogP contribution >= 0.6 is 0 Å². The molecule has 2 aromatic rings. The molecular formula is C19H25BFN3O3. The number of anilines is 1. The van der Waals surface area contributed by atoms with Gasteiger partial charge in [-0.25, -0.2) is 4.39 Å². The van der Waals surface area contributed by atoms with E-state index in [-0.39, 0.29) is 11.6 Å². The van der Waals surface area contributed by atoms with E-state index in [0.717, 1.165) is 0 Å². The van der Waals surface area contributed by atoms with Crippen molar-refractivity contribution in [1.82, 2.24) is 9.78 Å². The summed E-state index contributed by atoms with van der Waals surface area (Å²) in [5.41, 5.74) is 0.576. The smallest absolute Gasteiger partial charge is 0.399 e. The molecule has 3 rings (SSSR count). The van der Waals surface area contributed by atoms with Gasteiger partial charge in [0.15, 0.2) is 0 Å². The van der Waals surface area contributed by atoms with Gasteiger partial charge in [-0.15, -0.1) is 0 Å². The van der Waals surface area contributed by atoms with E-state index in [9.17, 15) is 4.79 Å². The molecule has 1 aromatic heterocycles. The van der Waals surface area contributed by atoms with Crippen LogP contribution in [-0.4, -0.2) is 41.1 Å². The number of carbonyl (C=O) groups is 1. The minimum Gasteiger partial charge on any atom is -0.399 e. The van der Waals surface area contributed by atoms with Gasteiger partial charge in [0.25, 0.3) is 5.91 Å². The van der Waals surface area contributed by atoms with Gasteiger partial charge in [0, 0.05) is 20.3 Å². The Labute approximate surface area is 159 Å². The van der Waals surface area contributed by atoms with E-state index in [1.54, 1.807) is 39.2 Å². The lowest BCUT2D eigenvalue weighted by Gasteiger charge is -2.32. The third kappa shape index (κ3) is 3.17. The monoisotopic (exact) mass is 373 g/mol. The van der Waals surface area contributed by atoms with Gasteiger partial charge in [-0.05, 0) is 57.8 Å². The summed E-state index contributed by atoms with van der Waals surface area (Å²) in [7, 11) is 2.56. The van der Waals surface area contributed by atoms with Crippen molar-refractivity contribution in [3.63, 3.8) is 0 Å². The highest BCUT2D eigenvalue weighted by atomic mass is 19.1. The molecule has 1 aliphatic rings. The maximum Gasteiger partial charge on any atom is 0.495 e. The first kappa shape index (κ1) is 19.6. The standard InChI is InChI=1S/C19H25BFN3O3/c1-12-13(20-26-18(2,3)19(4,5)27-20)8-9-14(16(12)21)23(6)17(25)15-10-11-22-24(15)7/h8-11H,1-7H3. The van der Waals surface area contributed by atoms with Gasteiger partial charge in [0.1, 0.15) is 11.5 Å². The lowest BCUT2D eigenvalue weighted by atomic mass is 9.76. The van der Waals surface area contributed by atoms with Crippen LogP contribution < -0.4 is 10.4 Å². The average molecular weight is 373 g/mol. The molecule has 0 aliphatic carbocycles. The lowest BCUT2D eigenvalue weighted by Crippen LogP contribution is -2.41. The van der Waals surface area contributed by atoms with E-state index in [1.807, 2.05) is 27.7 Å². The van der Waals surface area contributed by atoms with E-state index < -0.39 is 24.1 Å². The van der Waals surface area contributed by atoms with Crippen LogP contribution in [0.2, 0.25) is 0 Å². The molecular weight excluding hydrogens is 348 g/mol. The number of aryl methyl sites for hydroxylation is 1. The van der Waals surface area contributed by atoms with E-state index in [0.29, 0.717) is 16.7 Å². The minimum absolute atomic E-state index is 0.193. The van der Waals surface area contributed by atoms with Gasteiger partial charge in [0.05, 0.1) is 16.9 Å². The molecule has 6 nitrogen and oxygen atoms in total. The van der Waals surface area contributed by atoms with Crippen molar-refractivity contribution in [3.05, 3.63) is 41.5 Å². The fourth-order valence-electron chi connectivity index (χ4n) is 3.04. The molecule has 0 unspecified atom stereocenters. The summed E-state index contributed by atoms with van der Waals surface area (Å²) in [4.78, 5) is 13.9. The molecule has 0 radical (unpaired) electrons. The van der Waals surface area contributed by atoms with E-state index in [1.165, 1.54) is 15.8 Å². The number of halogens is 1. The van der Waals surface area contributed by atoms with Gasteiger partial charge in [-0.3, -0.25) is 9.48 Å². The van der Waals surface area contributed by atoms with Crippen molar-refractivity contribution in [2.45, 2.75) is 45.8 Å². The highest BCUT2D eigenvalue weighted by Crippen LogP contribution is 2.37. The molecule has 0 saturated carbocycles. The van der Waals surface area contributed by atoms with E-state index in [2.05, 4.69) is 5.10 Å².